The summed E-state index contributed by atoms with van der Waals surface area (Å²) in [6, 6.07) is 0. The Kier molecular flexibility index (Phi) is 4.11. The minimum absolute atomic E-state index is 0.549. The minimum atomic E-state index is -1.06. The summed E-state index contributed by atoms with van der Waals surface area (Å²) >= 11 is 0. The van der Waals surface area contributed by atoms with Gasteiger partial charge in [0.15, 0.2) is 0 Å². The van der Waals surface area contributed by atoms with Crippen LogP contribution in [0.15, 0.2) is 0 Å². The molecular formula is C11H22N2O2. The molecule has 2 unspecified atom stereocenters. The van der Waals surface area contributed by atoms with Gasteiger partial charge >= 0.3 is 5.97 Å². The first-order valence-electron chi connectivity index (χ1n) is 5.66. The highest BCUT2D eigenvalue weighted by Gasteiger charge is 2.27. The Bertz CT molecular complexity index is 229. The molecule has 4 nitrogen and oxygen atoms in total. The molecule has 0 aromatic rings. The first kappa shape index (κ1) is 12.5. The third-order valence-electron chi connectivity index (χ3n) is 3.17. The Labute approximate surface area is 91.4 Å². The number of rotatable bonds is 5. The van der Waals surface area contributed by atoms with E-state index in [1.807, 2.05) is 0 Å². The van der Waals surface area contributed by atoms with Crippen LogP contribution in [0, 0.1) is 5.92 Å². The number of hydrogen-bond acceptors (Lipinski definition) is 3. The van der Waals surface area contributed by atoms with Crippen molar-refractivity contribution in [1.82, 2.24) is 4.90 Å². The third-order valence-corrected chi connectivity index (χ3v) is 3.17. The zero-order chi connectivity index (χ0) is 11.5. The number of carboxylic acid groups (broad SMARTS) is 1. The van der Waals surface area contributed by atoms with Crippen LogP contribution in [-0.4, -0.2) is 41.1 Å². The van der Waals surface area contributed by atoms with Crippen LogP contribution in [0.3, 0.4) is 0 Å². The molecule has 0 radical (unpaired) electrons. The third kappa shape index (κ3) is 3.80. The molecule has 1 heterocycles. The van der Waals surface area contributed by atoms with Gasteiger partial charge < -0.3 is 15.7 Å². The number of aliphatic carboxylic acids is 1. The second kappa shape index (κ2) is 4.94. The normalized spacial score (nSPS) is 26.5. The summed E-state index contributed by atoms with van der Waals surface area (Å²) in [7, 11) is 0. The van der Waals surface area contributed by atoms with Gasteiger partial charge in [0.1, 0.15) is 5.54 Å². The largest absolute Gasteiger partial charge is 0.480 e. The molecule has 4 heteroatoms. The molecule has 1 saturated heterocycles. The van der Waals surface area contributed by atoms with E-state index in [1.165, 1.54) is 6.42 Å². The van der Waals surface area contributed by atoms with Crippen LogP contribution in [0.5, 0.6) is 0 Å². The monoisotopic (exact) mass is 214 g/mol. The standard InChI is InChI=1S/C11H22N2O2/c1-9-4-7-13(8-9)6-3-5-11(2,12)10(14)15/h9H,3-8,12H2,1-2H3,(H,14,15). The summed E-state index contributed by atoms with van der Waals surface area (Å²) in [5, 5.41) is 8.84. The number of carboxylic acids is 1. The van der Waals surface area contributed by atoms with E-state index in [4.69, 9.17) is 10.8 Å². The van der Waals surface area contributed by atoms with Crippen molar-refractivity contribution < 1.29 is 9.90 Å². The second-order valence-corrected chi connectivity index (χ2v) is 5.02. The number of nitrogens with zero attached hydrogens (tertiary/aromatic N) is 1. The van der Waals surface area contributed by atoms with Gasteiger partial charge in [-0.1, -0.05) is 6.92 Å². The second-order valence-electron chi connectivity index (χ2n) is 5.02. The number of likely N-dealkylation sites (tertiary alicyclic amines) is 1. The first-order chi connectivity index (χ1) is 6.92. The van der Waals surface area contributed by atoms with Crippen LogP contribution in [0.25, 0.3) is 0 Å². The maximum atomic E-state index is 10.8. The highest BCUT2D eigenvalue weighted by Crippen LogP contribution is 2.16. The molecule has 0 aliphatic carbocycles. The lowest BCUT2D eigenvalue weighted by Crippen LogP contribution is -2.45. The van der Waals surface area contributed by atoms with E-state index in [2.05, 4.69) is 11.8 Å². The molecule has 0 aromatic carbocycles. The Hall–Kier alpha value is -0.610. The van der Waals surface area contributed by atoms with Crippen LogP contribution < -0.4 is 5.73 Å². The fourth-order valence-electron chi connectivity index (χ4n) is 2.01. The van der Waals surface area contributed by atoms with Gasteiger partial charge in [-0.3, -0.25) is 4.79 Å². The predicted molar refractivity (Wildman–Crippen MR) is 59.7 cm³/mol. The number of carbonyl (C=O) groups is 1. The van der Waals surface area contributed by atoms with Gasteiger partial charge in [-0.25, -0.2) is 0 Å². The molecule has 15 heavy (non-hydrogen) atoms. The Morgan fingerprint density at radius 3 is 2.80 bits per heavy atom. The van der Waals surface area contributed by atoms with E-state index in [-0.39, 0.29) is 0 Å². The molecule has 0 aromatic heterocycles. The Morgan fingerprint density at radius 1 is 1.67 bits per heavy atom. The van der Waals surface area contributed by atoms with Gasteiger partial charge in [0, 0.05) is 6.54 Å². The molecule has 88 valence electrons. The van der Waals surface area contributed by atoms with Crippen molar-refractivity contribution in [3.8, 4) is 0 Å². The number of hydrogen-bond donors (Lipinski definition) is 2. The molecular weight excluding hydrogens is 192 g/mol. The van der Waals surface area contributed by atoms with Gasteiger partial charge in [0.2, 0.25) is 0 Å². The molecule has 0 saturated carbocycles. The van der Waals surface area contributed by atoms with Crippen molar-refractivity contribution in [2.24, 2.45) is 11.7 Å². The van der Waals surface area contributed by atoms with Crippen molar-refractivity contribution in [2.45, 2.75) is 38.6 Å². The fourth-order valence-corrected chi connectivity index (χ4v) is 2.01. The minimum Gasteiger partial charge on any atom is -0.480 e. The van der Waals surface area contributed by atoms with Gasteiger partial charge in [0.25, 0.3) is 0 Å². The summed E-state index contributed by atoms with van der Waals surface area (Å²) < 4.78 is 0. The van der Waals surface area contributed by atoms with Gasteiger partial charge in [0.05, 0.1) is 0 Å². The molecule has 1 aliphatic heterocycles. The molecule has 0 bridgehead atoms. The lowest BCUT2D eigenvalue weighted by Gasteiger charge is -2.21. The summed E-state index contributed by atoms with van der Waals surface area (Å²) in [5.74, 6) is -0.119. The van der Waals surface area contributed by atoms with E-state index in [0.717, 1.165) is 32.0 Å². The van der Waals surface area contributed by atoms with Crippen molar-refractivity contribution in [2.75, 3.05) is 19.6 Å². The zero-order valence-electron chi connectivity index (χ0n) is 9.70. The average Bonchev–Trinajstić information content (AvgIpc) is 2.51. The SMILES string of the molecule is CC1CCN(CCCC(C)(N)C(=O)O)C1. The Morgan fingerprint density at radius 2 is 2.33 bits per heavy atom. The van der Waals surface area contributed by atoms with E-state index in [0.29, 0.717) is 6.42 Å². The van der Waals surface area contributed by atoms with Crippen molar-refractivity contribution in [3.63, 3.8) is 0 Å². The van der Waals surface area contributed by atoms with Crippen molar-refractivity contribution in [3.05, 3.63) is 0 Å². The van der Waals surface area contributed by atoms with Crippen LogP contribution in [0.4, 0.5) is 0 Å². The summed E-state index contributed by atoms with van der Waals surface area (Å²) in [6.07, 6.45) is 2.68. The van der Waals surface area contributed by atoms with Crippen molar-refractivity contribution in [1.29, 1.82) is 0 Å². The maximum Gasteiger partial charge on any atom is 0.323 e. The molecule has 2 atom stereocenters. The summed E-state index contributed by atoms with van der Waals surface area (Å²) in [6.45, 7) is 7.11. The molecule has 3 N–H and O–H groups in total. The molecule has 0 spiro atoms. The van der Waals surface area contributed by atoms with Gasteiger partial charge in [-0.15, -0.1) is 0 Å². The highest BCUT2D eigenvalue weighted by molar-refractivity contribution is 5.77. The molecule has 1 aliphatic rings. The van der Waals surface area contributed by atoms with E-state index < -0.39 is 11.5 Å². The van der Waals surface area contributed by atoms with Crippen LogP contribution in [-0.2, 0) is 4.79 Å². The van der Waals surface area contributed by atoms with E-state index >= 15 is 0 Å². The molecule has 1 fully saturated rings. The predicted octanol–water partition coefficient (Wildman–Crippen LogP) is 0.910. The van der Waals surface area contributed by atoms with Crippen LogP contribution in [0.2, 0.25) is 0 Å². The topological polar surface area (TPSA) is 66.6 Å². The molecule has 1 rings (SSSR count). The van der Waals surface area contributed by atoms with Crippen LogP contribution in [0.1, 0.15) is 33.1 Å². The van der Waals surface area contributed by atoms with E-state index in [1.54, 1.807) is 6.92 Å². The fraction of sp³-hybridized carbons (Fsp3) is 0.909. The molecule has 0 amide bonds. The number of nitrogens with two attached hydrogens (primary N) is 1. The van der Waals surface area contributed by atoms with Gasteiger partial charge in [-0.05, 0) is 45.2 Å². The van der Waals surface area contributed by atoms with Gasteiger partial charge in [-0.2, -0.15) is 0 Å². The lowest BCUT2D eigenvalue weighted by atomic mass is 9.97. The van der Waals surface area contributed by atoms with Crippen molar-refractivity contribution >= 4 is 5.97 Å². The maximum absolute atomic E-state index is 10.8. The summed E-state index contributed by atoms with van der Waals surface area (Å²) in [4.78, 5) is 13.2. The average molecular weight is 214 g/mol. The summed E-state index contributed by atoms with van der Waals surface area (Å²) in [5.41, 5.74) is 4.59. The smallest absolute Gasteiger partial charge is 0.323 e. The van der Waals surface area contributed by atoms with E-state index in [9.17, 15) is 4.79 Å². The van der Waals surface area contributed by atoms with Crippen LogP contribution >= 0.6 is 0 Å². The lowest BCUT2D eigenvalue weighted by molar-refractivity contribution is -0.142. The quantitative estimate of drug-likeness (QED) is 0.714. The first-order valence-corrected chi connectivity index (χ1v) is 5.66. The highest BCUT2D eigenvalue weighted by atomic mass is 16.4. The zero-order valence-corrected chi connectivity index (χ0v) is 9.70. The Balaban J connectivity index is 2.19.